The first-order chi connectivity index (χ1) is 14.7. The number of hydrogen-bond donors (Lipinski definition) is 2. The predicted octanol–water partition coefficient (Wildman–Crippen LogP) is 3.53. The minimum atomic E-state index is -0.416. The van der Waals surface area contributed by atoms with E-state index in [1.165, 1.54) is 0 Å². The Bertz CT molecular complexity index is 1340. The average molecular weight is 403 g/mol. The van der Waals surface area contributed by atoms with Crippen LogP contribution in [0.2, 0.25) is 0 Å². The third-order valence-corrected chi connectivity index (χ3v) is 5.55. The van der Waals surface area contributed by atoms with Gasteiger partial charge in [-0.05, 0) is 29.8 Å². The summed E-state index contributed by atoms with van der Waals surface area (Å²) in [5.74, 6) is 2.03. The van der Waals surface area contributed by atoms with E-state index in [2.05, 4.69) is 15.5 Å². The molecule has 1 atom stereocenters. The molecular formula is C22H17N3O5. The van der Waals surface area contributed by atoms with Gasteiger partial charge in [-0.25, -0.2) is 4.79 Å². The summed E-state index contributed by atoms with van der Waals surface area (Å²) in [5, 5.41) is 11.3. The molecule has 4 heterocycles. The van der Waals surface area contributed by atoms with E-state index in [-0.39, 0.29) is 0 Å². The van der Waals surface area contributed by atoms with Crippen molar-refractivity contribution < 1.29 is 18.6 Å². The highest BCUT2D eigenvalue weighted by atomic mass is 16.6. The molecule has 8 heteroatoms. The predicted molar refractivity (Wildman–Crippen MR) is 109 cm³/mol. The number of ether oxygens (including phenoxy) is 3. The number of nitrogens with one attached hydrogen (secondary N) is 2. The van der Waals surface area contributed by atoms with E-state index in [1.54, 1.807) is 19.4 Å². The van der Waals surface area contributed by atoms with Crippen molar-refractivity contribution in [2.75, 3.05) is 25.6 Å². The van der Waals surface area contributed by atoms with Crippen LogP contribution in [0.15, 0.2) is 51.8 Å². The Balaban J connectivity index is 1.65. The van der Waals surface area contributed by atoms with Crippen molar-refractivity contribution in [2.45, 2.75) is 5.92 Å². The Labute approximate surface area is 170 Å². The highest BCUT2D eigenvalue weighted by Crippen LogP contribution is 2.49. The van der Waals surface area contributed by atoms with Gasteiger partial charge in [-0.2, -0.15) is 5.10 Å². The normalized spacial score (nSPS) is 16.5. The van der Waals surface area contributed by atoms with Gasteiger partial charge in [0.15, 0.2) is 11.5 Å². The molecule has 0 spiro atoms. The van der Waals surface area contributed by atoms with Crippen LogP contribution in [-0.2, 0) is 0 Å². The van der Waals surface area contributed by atoms with E-state index in [9.17, 15) is 4.79 Å². The lowest BCUT2D eigenvalue weighted by Crippen LogP contribution is -2.22. The molecule has 0 radical (unpaired) electrons. The van der Waals surface area contributed by atoms with Crippen LogP contribution in [0, 0.1) is 0 Å². The number of methoxy groups -OCH3 is 1. The minimum absolute atomic E-state index is 0.401. The lowest BCUT2D eigenvalue weighted by atomic mass is 9.83. The second-order valence-electron chi connectivity index (χ2n) is 7.18. The van der Waals surface area contributed by atoms with Crippen LogP contribution < -0.4 is 25.2 Å². The van der Waals surface area contributed by atoms with Crippen molar-refractivity contribution in [1.82, 2.24) is 10.2 Å². The van der Waals surface area contributed by atoms with Crippen LogP contribution in [0.4, 0.5) is 11.5 Å². The number of anilines is 2. The lowest BCUT2D eigenvalue weighted by Gasteiger charge is -2.28. The van der Waals surface area contributed by atoms with E-state index in [1.807, 2.05) is 30.3 Å². The Morgan fingerprint density at radius 2 is 2.03 bits per heavy atom. The molecule has 2 aromatic carbocycles. The Hall–Kier alpha value is -3.94. The van der Waals surface area contributed by atoms with Gasteiger partial charge >= 0.3 is 5.63 Å². The molecule has 8 nitrogen and oxygen atoms in total. The van der Waals surface area contributed by atoms with Gasteiger partial charge in [0.1, 0.15) is 24.6 Å². The summed E-state index contributed by atoms with van der Waals surface area (Å²) >= 11 is 0. The van der Waals surface area contributed by atoms with Gasteiger partial charge < -0.3 is 23.9 Å². The van der Waals surface area contributed by atoms with E-state index >= 15 is 0 Å². The van der Waals surface area contributed by atoms with Crippen LogP contribution in [0.1, 0.15) is 22.6 Å². The fraction of sp³-hybridized carbons (Fsp3) is 0.182. The SMILES string of the molecule is COc1cc(C2c3cn[nH]c3Nc3c2c(=O)oc2ccccc32)cc2c1OCCO2. The van der Waals surface area contributed by atoms with Crippen LogP contribution in [-0.4, -0.2) is 30.5 Å². The van der Waals surface area contributed by atoms with E-state index in [4.69, 9.17) is 18.6 Å². The number of rotatable bonds is 2. The second kappa shape index (κ2) is 6.28. The molecule has 2 aliphatic rings. The molecule has 1 unspecified atom stereocenters. The summed E-state index contributed by atoms with van der Waals surface area (Å²) in [6.07, 6.45) is 1.72. The molecule has 0 saturated heterocycles. The average Bonchev–Trinajstić information content (AvgIpc) is 3.25. The summed E-state index contributed by atoms with van der Waals surface area (Å²) in [4.78, 5) is 13.1. The smallest absolute Gasteiger partial charge is 0.342 e. The van der Waals surface area contributed by atoms with Gasteiger partial charge in [-0.1, -0.05) is 12.1 Å². The first-order valence-electron chi connectivity index (χ1n) is 9.58. The molecule has 4 aromatic rings. The van der Waals surface area contributed by atoms with Crippen LogP contribution in [0.5, 0.6) is 17.2 Å². The maximum absolute atomic E-state index is 13.1. The third-order valence-electron chi connectivity index (χ3n) is 5.55. The zero-order chi connectivity index (χ0) is 20.2. The Morgan fingerprint density at radius 3 is 2.93 bits per heavy atom. The van der Waals surface area contributed by atoms with E-state index in [0.717, 1.165) is 22.3 Å². The van der Waals surface area contributed by atoms with Crippen LogP contribution >= 0.6 is 0 Å². The fourth-order valence-corrected chi connectivity index (χ4v) is 4.26. The summed E-state index contributed by atoms with van der Waals surface area (Å²) in [5.41, 5.74) is 3.00. The van der Waals surface area contributed by atoms with Crippen molar-refractivity contribution in [3.05, 3.63) is 69.7 Å². The number of H-pyrrole nitrogens is 1. The lowest BCUT2D eigenvalue weighted by molar-refractivity contribution is 0.165. The zero-order valence-corrected chi connectivity index (χ0v) is 16.0. The Kier molecular flexibility index (Phi) is 3.55. The zero-order valence-electron chi connectivity index (χ0n) is 16.0. The quantitative estimate of drug-likeness (QED) is 0.435. The van der Waals surface area contributed by atoms with Crippen LogP contribution in [0.25, 0.3) is 11.0 Å². The molecular weight excluding hydrogens is 386 g/mol. The van der Waals surface area contributed by atoms with Crippen molar-refractivity contribution >= 4 is 22.5 Å². The van der Waals surface area contributed by atoms with Crippen molar-refractivity contribution in [3.8, 4) is 17.2 Å². The monoisotopic (exact) mass is 403 g/mol. The van der Waals surface area contributed by atoms with Crippen LogP contribution in [0.3, 0.4) is 0 Å². The largest absolute Gasteiger partial charge is 0.493 e. The summed E-state index contributed by atoms with van der Waals surface area (Å²) < 4.78 is 22.8. The first-order valence-corrected chi connectivity index (χ1v) is 9.58. The van der Waals surface area contributed by atoms with E-state index in [0.29, 0.717) is 47.3 Å². The number of nitrogens with zero attached hydrogens (tertiary/aromatic N) is 1. The van der Waals surface area contributed by atoms with Crippen molar-refractivity contribution in [3.63, 3.8) is 0 Å². The third kappa shape index (κ3) is 2.33. The highest BCUT2D eigenvalue weighted by molar-refractivity contribution is 5.95. The molecule has 0 amide bonds. The van der Waals surface area contributed by atoms with E-state index < -0.39 is 11.5 Å². The fourth-order valence-electron chi connectivity index (χ4n) is 4.26. The van der Waals surface area contributed by atoms with Gasteiger partial charge in [0.2, 0.25) is 5.75 Å². The summed E-state index contributed by atoms with van der Waals surface area (Å²) in [6, 6.07) is 11.2. The molecule has 150 valence electrons. The molecule has 2 aromatic heterocycles. The van der Waals surface area contributed by atoms with Gasteiger partial charge in [0.05, 0.1) is 24.6 Å². The highest BCUT2D eigenvalue weighted by Gasteiger charge is 2.35. The van der Waals surface area contributed by atoms with Gasteiger partial charge in [0.25, 0.3) is 0 Å². The minimum Gasteiger partial charge on any atom is -0.493 e. The maximum atomic E-state index is 13.1. The molecule has 30 heavy (non-hydrogen) atoms. The summed E-state index contributed by atoms with van der Waals surface area (Å²) in [7, 11) is 1.58. The first kappa shape index (κ1) is 17.0. The molecule has 2 N–H and O–H groups in total. The second-order valence-corrected chi connectivity index (χ2v) is 7.18. The number of hydrogen-bond acceptors (Lipinski definition) is 7. The van der Waals surface area contributed by atoms with Crippen molar-refractivity contribution in [2.24, 2.45) is 0 Å². The number of fused-ring (bicyclic) bond motifs is 5. The van der Waals surface area contributed by atoms with Gasteiger partial charge in [-0.15, -0.1) is 0 Å². The molecule has 0 saturated carbocycles. The topological polar surface area (TPSA) is 98.6 Å². The van der Waals surface area contributed by atoms with Crippen molar-refractivity contribution in [1.29, 1.82) is 0 Å². The van der Waals surface area contributed by atoms with Gasteiger partial charge in [0, 0.05) is 16.9 Å². The number of para-hydroxylation sites is 1. The molecule has 6 rings (SSSR count). The Morgan fingerprint density at radius 1 is 1.17 bits per heavy atom. The van der Waals surface area contributed by atoms with Gasteiger partial charge in [-0.3, -0.25) is 5.10 Å². The number of aromatic amines is 1. The molecule has 0 fully saturated rings. The summed E-state index contributed by atoms with van der Waals surface area (Å²) in [6.45, 7) is 0.909. The maximum Gasteiger partial charge on any atom is 0.342 e. The standard InChI is InChI=1S/C22H17N3O5/c1-27-15-8-11(9-16-20(15)29-7-6-28-16)17-13-10-23-25-21(13)24-19-12-4-2-3-5-14(12)30-22(26)18(17)19/h2-5,8-10,17H,6-7H2,1H3,(H2,23,24,25). The molecule has 0 aliphatic carbocycles. The number of benzene rings is 2. The molecule has 2 aliphatic heterocycles. The number of aromatic nitrogens is 2. The molecule has 0 bridgehead atoms.